The Kier molecular flexibility index (Phi) is 3.25. The van der Waals surface area contributed by atoms with Crippen molar-refractivity contribution in [2.75, 3.05) is 31.1 Å². The summed E-state index contributed by atoms with van der Waals surface area (Å²) in [4.78, 5) is 5.03. The molecule has 2 saturated heterocycles. The van der Waals surface area contributed by atoms with Crippen LogP contribution in [0.1, 0.15) is 19.8 Å². The maximum absolute atomic E-state index is 12.9. The van der Waals surface area contributed by atoms with E-state index >= 15 is 0 Å². The maximum Gasteiger partial charge on any atom is 0.123 e. The maximum atomic E-state index is 12.9. The molecule has 0 aliphatic carbocycles. The van der Waals surface area contributed by atoms with Crippen molar-refractivity contribution in [1.82, 2.24) is 4.90 Å². The van der Waals surface area contributed by atoms with Gasteiger partial charge in [0.25, 0.3) is 0 Å². The molecular weight excluding hydrogens is 227 g/mol. The highest BCUT2D eigenvalue weighted by Gasteiger charge is 2.31. The van der Waals surface area contributed by atoms with Crippen molar-refractivity contribution in [3.63, 3.8) is 0 Å². The van der Waals surface area contributed by atoms with E-state index in [0.29, 0.717) is 6.04 Å². The summed E-state index contributed by atoms with van der Waals surface area (Å²) in [6.07, 6.45) is 2.65. The second-order valence-electron chi connectivity index (χ2n) is 5.75. The number of piperidine rings is 1. The van der Waals surface area contributed by atoms with Crippen molar-refractivity contribution in [2.45, 2.75) is 25.8 Å². The van der Waals surface area contributed by atoms with Crippen molar-refractivity contribution >= 4 is 5.69 Å². The molecule has 0 radical (unpaired) electrons. The number of fused-ring (bicyclic) bond motifs is 1. The van der Waals surface area contributed by atoms with E-state index in [9.17, 15) is 4.39 Å². The second-order valence-corrected chi connectivity index (χ2v) is 5.75. The minimum absolute atomic E-state index is 0.149. The summed E-state index contributed by atoms with van der Waals surface area (Å²) in [6.45, 7) is 6.91. The molecule has 98 valence electrons. The molecule has 0 aromatic heterocycles. The number of piperazine rings is 1. The minimum Gasteiger partial charge on any atom is -0.369 e. The van der Waals surface area contributed by atoms with Crippen LogP contribution in [-0.4, -0.2) is 37.1 Å². The van der Waals surface area contributed by atoms with E-state index in [1.54, 1.807) is 12.1 Å². The Labute approximate surface area is 108 Å². The van der Waals surface area contributed by atoms with Crippen LogP contribution in [0.4, 0.5) is 10.1 Å². The van der Waals surface area contributed by atoms with E-state index in [2.05, 4.69) is 16.7 Å². The molecule has 2 unspecified atom stereocenters. The minimum atomic E-state index is -0.149. The van der Waals surface area contributed by atoms with Crippen molar-refractivity contribution in [3.8, 4) is 0 Å². The van der Waals surface area contributed by atoms with E-state index in [1.165, 1.54) is 19.4 Å². The average Bonchev–Trinajstić information content (AvgIpc) is 2.39. The molecular formula is C15H21FN2. The van der Waals surface area contributed by atoms with Gasteiger partial charge >= 0.3 is 0 Å². The lowest BCUT2D eigenvalue weighted by molar-refractivity contribution is 0.102. The van der Waals surface area contributed by atoms with Crippen LogP contribution in [0.5, 0.6) is 0 Å². The summed E-state index contributed by atoms with van der Waals surface area (Å²) >= 11 is 0. The number of benzene rings is 1. The van der Waals surface area contributed by atoms with Crippen molar-refractivity contribution in [3.05, 3.63) is 30.1 Å². The first-order chi connectivity index (χ1) is 8.72. The van der Waals surface area contributed by atoms with Gasteiger partial charge in [-0.3, -0.25) is 4.90 Å². The number of hydrogen-bond acceptors (Lipinski definition) is 2. The summed E-state index contributed by atoms with van der Waals surface area (Å²) in [7, 11) is 0. The van der Waals surface area contributed by atoms with E-state index in [1.807, 2.05) is 12.1 Å². The van der Waals surface area contributed by atoms with E-state index in [4.69, 9.17) is 0 Å². The Bertz CT molecular complexity index is 403. The highest BCUT2D eigenvalue weighted by molar-refractivity contribution is 5.47. The molecule has 1 aromatic carbocycles. The van der Waals surface area contributed by atoms with E-state index < -0.39 is 0 Å². The van der Waals surface area contributed by atoms with Crippen LogP contribution in [0.2, 0.25) is 0 Å². The molecule has 0 N–H and O–H groups in total. The van der Waals surface area contributed by atoms with Crippen molar-refractivity contribution in [2.24, 2.45) is 5.92 Å². The lowest BCUT2D eigenvalue weighted by Crippen LogP contribution is -2.56. The smallest absolute Gasteiger partial charge is 0.123 e. The molecule has 1 aromatic rings. The Balaban J connectivity index is 1.68. The SMILES string of the molecule is CC1CCC2CN(c3ccc(F)cc3)CCN2C1. The van der Waals surface area contributed by atoms with Gasteiger partial charge in [0.05, 0.1) is 0 Å². The zero-order valence-corrected chi connectivity index (χ0v) is 11.0. The normalized spacial score (nSPS) is 29.1. The number of anilines is 1. The van der Waals surface area contributed by atoms with Gasteiger partial charge in [0, 0.05) is 37.9 Å². The summed E-state index contributed by atoms with van der Waals surface area (Å²) in [5.41, 5.74) is 1.16. The number of hydrogen-bond donors (Lipinski definition) is 0. The molecule has 2 aliphatic rings. The van der Waals surface area contributed by atoms with Gasteiger partial charge in [-0.25, -0.2) is 4.39 Å². The first-order valence-corrected chi connectivity index (χ1v) is 6.97. The molecule has 0 amide bonds. The molecule has 18 heavy (non-hydrogen) atoms. The first kappa shape index (κ1) is 12.0. The molecule has 2 aliphatic heterocycles. The van der Waals surface area contributed by atoms with Gasteiger partial charge in [-0.2, -0.15) is 0 Å². The van der Waals surface area contributed by atoms with Crippen LogP contribution >= 0.6 is 0 Å². The van der Waals surface area contributed by atoms with Crippen LogP contribution in [0, 0.1) is 11.7 Å². The highest BCUT2D eigenvalue weighted by Crippen LogP contribution is 2.27. The molecule has 3 rings (SSSR count). The van der Waals surface area contributed by atoms with Crippen LogP contribution < -0.4 is 4.90 Å². The van der Waals surface area contributed by atoms with Gasteiger partial charge in [-0.15, -0.1) is 0 Å². The van der Waals surface area contributed by atoms with Gasteiger partial charge in [0.1, 0.15) is 5.82 Å². The van der Waals surface area contributed by atoms with Crippen LogP contribution in [-0.2, 0) is 0 Å². The quantitative estimate of drug-likeness (QED) is 0.754. The molecule has 0 spiro atoms. The van der Waals surface area contributed by atoms with E-state index in [0.717, 1.165) is 31.2 Å². The van der Waals surface area contributed by atoms with Gasteiger partial charge in [-0.1, -0.05) is 6.92 Å². The zero-order chi connectivity index (χ0) is 12.5. The third kappa shape index (κ3) is 2.37. The van der Waals surface area contributed by atoms with Gasteiger partial charge in [0.2, 0.25) is 0 Å². The second kappa shape index (κ2) is 4.88. The average molecular weight is 248 g/mol. The molecule has 2 nitrogen and oxygen atoms in total. The predicted molar refractivity (Wildman–Crippen MR) is 72.4 cm³/mol. The predicted octanol–water partition coefficient (Wildman–Crippen LogP) is 2.75. The lowest BCUT2D eigenvalue weighted by Gasteiger charge is -2.46. The fourth-order valence-corrected chi connectivity index (χ4v) is 3.26. The summed E-state index contributed by atoms with van der Waals surface area (Å²) in [5.74, 6) is 0.697. The largest absolute Gasteiger partial charge is 0.369 e. The number of nitrogens with zero attached hydrogens (tertiary/aromatic N) is 2. The molecule has 0 bridgehead atoms. The fourth-order valence-electron chi connectivity index (χ4n) is 3.26. The highest BCUT2D eigenvalue weighted by atomic mass is 19.1. The zero-order valence-electron chi connectivity index (χ0n) is 11.0. The van der Waals surface area contributed by atoms with Gasteiger partial charge in [0.15, 0.2) is 0 Å². The van der Waals surface area contributed by atoms with Crippen LogP contribution in [0.3, 0.4) is 0 Å². The molecule has 3 heteroatoms. The molecule has 0 saturated carbocycles. The fraction of sp³-hybridized carbons (Fsp3) is 0.600. The van der Waals surface area contributed by atoms with Crippen LogP contribution in [0.25, 0.3) is 0 Å². The van der Waals surface area contributed by atoms with Crippen molar-refractivity contribution < 1.29 is 4.39 Å². The Morgan fingerprint density at radius 2 is 1.83 bits per heavy atom. The third-order valence-electron chi connectivity index (χ3n) is 4.34. The summed E-state index contributed by atoms with van der Waals surface area (Å²) < 4.78 is 12.9. The standard InChI is InChI=1S/C15H21FN2/c1-12-2-5-15-11-18(9-8-17(15)10-12)14-6-3-13(16)4-7-14/h3-4,6-7,12,15H,2,5,8-11H2,1H3. The summed E-state index contributed by atoms with van der Waals surface area (Å²) in [6, 6.07) is 7.61. The van der Waals surface area contributed by atoms with Gasteiger partial charge in [-0.05, 0) is 43.0 Å². The lowest BCUT2D eigenvalue weighted by atomic mass is 9.92. The van der Waals surface area contributed by atoms with Gasteiger partial charge < -0.3 is 4.90 Å². The molecule has 2 atom stereocenters. The third-order valence-corrected chi connectivity index (χ3v) is 4.34. The number of halogens is 1. The number of rotatable bonds is 1. The first-order valence-electron chi connectivity index (χ1n) is 6.97. The monoisotopic (exact) mass is 248 g/mol. The Morgan fingerprint density at radius 1 is 1.06 bits per heavy atom. The molecule has 2 heterocycles. The van der Waals surface area contributed by atoms with E-state index in [-0.39, 0.29) is 5.82 Å². The van der Waals surface area contributed by atoms with Crippen LogP contribution in [0.15, 0.2) is 24.3 Å². The Hall–Kier alpha value is -1.09. The molecule has 2 fully saturated rings. The van der Waals surface area contributed by atoms with Crippen molar-refractivity contribution in [1.29, 1.82) is 0 Å². The Morgan fingerprint density at radius 3 is 2.61 bits per heavy atom. The summed E-state index contributed by atoms with van der Waals surface area (Å²) in [5, 5.41) is 0. The topological polar surface area (TPSA) is 6.48 Å².